The number of nitrogens with zero attached hydrogens (tertiary/aromatic N) is 2. The minimum Gasteiger partial charge on any atom is -0.497 e. The SMILES string of the molecule is CCCNC(=O)C(CC)N(Cc1ccc(OC)cc1)C(=O)CN(c1cccc(Cl)c1)S(=O)(=O)c1ccccc1. The Morgan fingerprint density at radius 1 is 0.974 bits per heavy atom. The van der Waals surface area contributed by atoms with Gasteiger partial charge in [0.25, 0.3) is 10.0 Å². The Morgan fingerprint density at radius 3 is 2.26 bits per heavy atom. The van der Waals surface area contributed by atoms with Crippen LogP contribution >= 0.6 is 11.6 Å². The van der Waals surface area contributed by atoms with Gasteiger partial charge in [-0.1, -0.05) is 61.8 Å². The number of amides is 2. The van der Waals surface area contributed by atoms with Crippen molar-refractivity contribution in [2.75, 3.05) is 24.5 Å². The van der Waals surface area contributed by atoms with Crippen LogP contribution in [0, 0.1) is 0 Å². The molecule has 208 valence electrons. The minimum absolute atomic E-state index is 0.0345. The third-order valence-electron chi connectivity index (χ3n) is 6.15. The molecule has 0 saturated heterocycles. The lowest BCUT2D eigenvalue weighted by Gasteiger charge is -2.33. The Morgan fingerprint density at radius 2 is 1.67 bits per heavy atom. The Kier molecular flexibility index (Phi) is 10.8. The lowest BCUT2D eigenvalue weighted by molar-refractivity contribution is -0.140. The number of benzene rings is 3. The van der Waals surface area contributed by atoms with Gasteiger partial charge in [0, 0.05) is 18.1 Å². The number of ether oxygens (including phenoxy) is 1. The number of halogens is 1. The van der Waals surface area contributed by atoms with Crippen LogP contribution in [0.25, 0.3) is 0 Å². The van der Waals surface area contributed by atoms with Gasteiger partial charge in [0.1, 0.15) is 18.3 Å². The monoisotopic (exact) mass is 571 g/mol. The van der Waals surface area contributed by atoms with Crippen LogP contribution in [0.5, 0.6) is 5.75 Å². The number of methoxy groups -OCH3 is 1. The second kappa shape index (κ2) is 14.0. The van der Waals surface area contributed by atoms with Crippen LogP contribution in [0.15, 0.2) is 83.8 Å². The summed E-state index contributed by atoms with van der Waals surface area (Å²) < 4.78 is 33.8. The van der Waals surface area contributed by atoms with Crippen molar-refractivity contribution in [1.29, 1.82) is 0 Å². The summed E-state index contributed by atoms with van der Waals surface area (Å²) >= 11 is 6.20. The smallest absolute Gasteiger partial charge is 0.264 e. The molecule has 1 N–H and O–H groups in total. The highest BCUT2D eigenvalue weighted by Crippen LogP contribution is 2.27. The molecule has 2 amide bonds. The first-order valence-electron chi connectivity index (χ1n) is 12.7. The van der Waals surface area contributed by atoms with Gasteiger partial charge in [-0.15, -0.1) is 0 Å². The summed E-state index contributed by atoms with van der Waals surface area (Å²) in [6.07, 6.45) is 1.09. The standard InChI is InChI=1S/C29H34ClN3O5S/c1-4-18-31-29(35)27(5-2)32(20-22-14-16-25(38-3)17-15-22)28(34)21-33(24-11-9-10-23(30)19-24)39(36,37)26-12-7-6-8-13-26/h6-17,19,27H,4-5,18,20-21H2,1-3H3,(H,31,35). The third-order valence-corrected chi connectivity index (χ3v) is 8.18. The van der Waals surface area contributed by atoms with E-state index < -0.39 is 28.5 Å². The topological polar surface area (TPSA) is 96.0 Å². The van der Waals surface area contributed by atoms with Crippen molar-refractivity contribution in [3.63, 3.8) is 0 Å². The molecule has 0 heterocycles. The molecule has 3 aromatic rings. The van der Waals surface area contributed by atoms with Gasteiger partial charge in [-0.3, -0.25) is 13.9 Å². The van der Waals surface area contributed by atoms with Gasteiger partial charge in [0.2, 0.25) is 11.8 Å². The van der Waals surface area contributed by atoms with Gasteiger partial charge >= 0.3 is 0 Å². The molecule has 10 heteroatoms. The lowest BCUT2D eigenvalue weighted by Crippen LogP contribution is -2.52. The largest absolute Gasteiger partial charge is 0.497 e. The van der Waals surface area contributed by atoms with E-state index in [9.17, 15) is 18.0 Å². The fourth-order valence-corrected chi connectivity index (χ4v) is 5.70. The van der Waals surface area contributed by atoms with E-state index in [1.807, 2.05) is 26.0 Å². The molecule has 0 aliphatic rings. The molecule has 0 bridgehead atoms. The lowest BCUT2D eigenvalue weighted by atomic mass is 10.1. The molecule has 0 aliphatic carbocycles. The first-order chi connectivity index (χ1) is 18.7. The number of anilines is 1. The number of carbonyl (C=O) groups excluding carboxylic acids is 2. The zero-order valence-corrected chi connectivity index (χ0v) is 23.9. The maximum absolute atomic E-state index is 14.0. The molecule has 0 aromatic heterocycles. The van der Waals surface area contributed by atoms with Crippen LogP contribution in [0.1, 0.15) is 32.3 Å². The molecule has 0 aliphatic heterocycles. The first kappa shape index (κ1) is 30.0. The van der Waals surface area contributed by atoms with E-state index in [2.05, 4.69) is 5.32 Å². The fourth-order valence-electron chi connectivity index (χ4n) is 4.09. The second-order valence-electron chi connectivity index (χ2n) is 8.89. The Balaban J connectivity index is 2.03. The molecule has 8 nitrogen and oxygen atoms in total. The van der Waals surface area contributed by atoms with Gasteiger partial charge < -0.3 is 15.0 Å². The molecule has 0 radical (unpaired) electrons. The molecule has 0 spiro atoms. The zero-order chi connectivity index (χ0) is 28.4. The van der Waals surface area contributed by atoms with Crippen LogP contribution in [-0.2, 0) is 26.2 Å². The molecule has 3 aromatic carbocycles. The van der Waals surface area contributed by atoms with Gasteiger partial charge in [-0.2, -0.15) is 0 Å². The highest BCUT2D eigenvalue weighted by Gasteiger charge is 2.33. The molecular formula is C29H34ClN3O5S. The number of sulfonamides is 1. The quantitative estimate of drug-likeness (QED) is 0.315. The number of hydrogen-bond donors (Lipinski definition) is 1. The molecule has 0 saturated carbocycles. The first-order valence-corrected chi connectivity index (χ1v) is 14.6. The summed E-state index contributed by atoms with van der Waals surface area (Å²) in [5.41, 5.74) is 1.01. The molecule has 1 atom stereocenters. The van der Waals surface area contributed by atoms with E-state index >= 15 is 0 Å². The highest BCUT2D eigenvalue weighted by molar-refractivity contribution is 7.92. The van der Waals surface area contributed by atoms with E-state index in [0.717, 1.165) is 16.3 Å². The summed E-state index contributed by atoms with van der Waals surface area (Å²) in [5.74, 6) is -0.157. The Bertz CT molecular complexity index is 1350. The fraction of sp³-hybridized carbons (Fsp3) is 0.310. The van der Waals surface area contributed by atoms with Gasteiger partial charge in [-0.25, -0.2) is 8.42 Å². The van der Waals surface area contributed by atoms with Crippen molar-refractivity contribution in [3.8, 4) is 5.75 Å². The minimum atomic E-state index is -4.14. The molecule has 3 rings (SSSR count). The van der Waals surface area contributed by atoms with Crippen molar-refractivity contribution < 1.29 is 22.7 Å². The molecule has 39 heavy (non-hydrogen) atoms. The van der Waals surface area contributed by atoms with Crippen LogP contribution in [0.3, 0.4) is 0 Å². The maximum atomic E-state index is 14.0. The Labute approximate surface area is 235 Å². The van der Waals surface area contributed by atoms with E-state index in [0.29, 0.717) is 23.7 Å². The predicted molar refractivity (Wildman–Crippen MR) is 153 cm³/mol. The highest BCUT2D eigenvalue weighted by atomic mass is 35.5. The number of rotatable bonds is 13. The van der Waals surface area contributed by atoms with Crippen molar-refractivity contribution >= 4 is 39.1 Å². The van der Waals surface area contributed by atoms with Crippen LogP contribution < -0.4 is 14.4 Å². The van der Waals surface area contributed by atoms with Gasteiger partial charge in [-0.05, 0) is 60.9 Å². The van der Waals surface area contributed by atoms with Crippen molar-refractivity contribution in [2.45, 2.75) is 44.2 Å². The number of nitrogens with one attached hydrogen (secondary N) is 1. The average molecular weight is 572 g/mol. The van der Waals surface area contributed by atoms with E-state index in [1.165, 1.54) is 23.1 Å². The predicted octanol–water partition coefficient (Wildman–Crippen LogP) is 4.88. The summed E-state index contributed by atoms with van der Waals surface area (Å²) in [7, 11) is -2.57. The maximum Gasteiger partial charge on any atom is 0.264 e. The summed E-state index contributed by atoms with van der Waals surface area (Å²) in [6.45, 7) is 3.82. The average Bonchev–Trinajstić information content (AvgIpc) is 2.95. The molecule has 1 unspecified atom stereocenters. The zero-order valence-electron chi connectivity index (χ0n) is 22.3. The summed E-state index contributed by atoms with van der Waals surface area (Å²) in [6, 6.07) is 20.6. The summed E-state index contributed by atoms with van der Waals surface area (Å²) in [4.78, 5) is 28.6. The number of hydrogen-bond acceptors (Lipinski definition) is 5. The van der Waals surface area contributed by atoms with Crippen LogP contribution in [0.4, 0.5) is 5.69 Å². The van der Waals surface area contributed by atoms with Crippen molar-refractivity contribution in [3.05, 3.63) is 89.4 Å². The third kappa shape index (κ3) is 7.74. The van der Waals surface area contributed by atoms with E-state index in [4.69, 9.17) is 16.3 Å². The van der Waals surface area contributed by atoms with Crippen LogP contribution in [0.2, 0.25) is 5.02 Å². The molecule has 0 fully saturated rings. The normalized spacial score (nSPS) is 11.9. The second-order valence-corrected chi connectivity index (χ2v) is 11.2. The molecular weight excluding hydrogens is 538 g/mol. The van der Waals surface area contributed by atoms with E-state index in [-0.39, 0.29) is 23.0 Å². The summed E-state index contributed by atoms with van der Waals surface area (Å²) in [5, 5.41) is 3.20. The van der Waals surface area contributed by atoms with Gasteiger partial charge in [0.05, 0.1) is 17.7 Å². The van der Waals surface area contributed by atoms with E-state index in [1.54, 1.807) is 55.6 Å². The van der Waals surface area contributed by atoms with Crippen molar-refractivity contribution in [1.82, 2.24) is 10.2 Å². The van der Waals surface area contributed by atoms with Crippen LogP contribution in [-0.4, -0.2) is 51.4 Å². The number of carbonyl (C=O) groups is 2. The van der Waals surface area contributed by atoms with Gasteiger partial charge in [0.15, 0.2) is 0 Å². The Hall–Kier alpha value is -3.56. The van der Waals surface area contributed by atoms with Crippen molar-refractivity contribution in [2.24, 2.45) is 0 Å².